The second-order valence-electron chi connectivity index (χ2n) is 4.36. The zero-order valence-electron chi connectivity index (χ0n) is 8.01. The second kappa shape index (κ2) is 4.47. The molecule has 0 heterocycles. The molecule has 0 unspecified atom stereocenters. The fraction of sp³-hybridized carbons (Fsp3) is 0.818. The van der Waals surface area contributed by atoms with Crippen LogP contribution >= 0.6 is 11.6 Å². The summed E-state index contributed by atoms with van der Waals surface area (Å²) < 4.78 is 0. The quantitative estimate of drug-likeness (QED) is 0.649. The van der Waals surface area contributed by atoms with E-state index < -0.39 is 0 Å². The Kier molecular flexibility index (Phi) is 3.28. The summed E-state index contributed by atoms with van der Waals surface area (Å²) in [6.45, 7) is 2.13. The van der Waals surface area contributed by atoms with Crippen molar-refractivity contribution in [3.8, 4) is 0 Å². The maximum Gasteiger partial charge on any atom is 0.0146 e. The molecule has 0 bridgehead atoms. The molecule has 13 heavy (non-hydrogen) atoms. The van der Waals surface area contributed by atoms with Crippen molar-refractivity contribution in [2.24, 2.45) is 17.8 Å². The zero-order valence-corrected chi connectivity index (χ0v) is 8.76. The number of hydrogen-bond donors (Lipinski definition) is 1. The molecule has 2 aliphatic rings. The molecule has 0 aromatic carbocycles. The molecule has 2 aliphatic carbocycles. The zero-order chi connectivity index (χ0) is 9.10. The third kappa shape index (κ3) is 2.99. The summed E-state index contributed by atoms with van der Waals surface area (Å²) >= 11 is 5.45. The highest BCUT2D eigenvalue weighted by molar-refractivity contribution is 6.25. The van der Waals surface area contributed by atoms with E-state index in [9.17, 15) is 0 Å². The highest BCUT2D eigenvalue weighted by Gasteiger charge is 2.40. The van der Waals surface area contributed by atoms with E-state index in [1.165, 1.54) is 32.2 Å². The fourth-order valence-corrected chi connectivity index (χ4v) is 2.23. The van der Waals surface area contributed by atoms with Crippen molar-refractivity contribution >= 4 is 11.6 Å². The van der Waals surface area contributed by atoms with Gasteiger partial charge in [-0.1, -0.05) is 17.7 Å². The van der Waals surface area contributed by atoms with Gasteiger partial charge in [-0.15, -0.1) is 0 Å². The largest absolute Gasteiger partial charge is 0.313 e. The van der Waals surface area contributed by atoms with Crippen LogP contribution in [0, 0.1) is 17.8 Å². The molecule has 1 nitrogen and oxygen atoms in total. The average Bonchev–Trinajstić information content (AvgIpc) is 2.99. The summed E-state index contributed by atoms with van der Waals surface area (Å²) in [5.74, 6) is 3.09. The normalized spacial score (nSPS) is 23.2. The van der Waals surface area contributed by atoms with Gasteiger partial charge in [-0.3, -0.25) is 0 Å². The van der Waals surface area contributed by atoms with Crippen molar-refractivity contribution in [2.75, 3.05) is 13.1 Å². The minimum Gasteiger partial charge on any atom is -0.313 e. The van der Waals surface area contributed by atoms with Crippen LogP contribution in [0.25, 0.3) is 0 Å². The summed E-state index contributed by atoms with van der Waals surface area (Å²) in [5.41, 5.74) is 1.59. The molecule has 0 radical (unpaired) electrons. The van der Waals surface area contributed by atoms with Gasteiger partial charge in [0.2, 0.25) is 0 Å². The number of rotatable bonds is 6. The lowest BCUT2D eigenvalue weighted by Gasteiger charge is -2.15. The minimum atomic E-state index is 0.930. The smallest absolute Gasteiger partial charge is 0.0146 e. The van der Waals surface area contributed by atoms with Crippen molar-refractivity contribution in [3.05, 3.63) is 11.6 Å². The van der Waals surface area contributed by atoms with Gasteiger partial charge in [0.15, 0.2) is 0 Å². The molecule has 0 aromatic rings. The molecule has 0 atom stereocenters. The second-order valence-corrected chi connectivity index (χ2v) is 4.61. The highest BCUT2D eigenvalue weighted by atomic mass is 35.5. The maximum atomic E-state index is 5.45. The van der Waals surface area contributed by atoms with Crippen LogP contribution in [0.1, 0.15) is 25.7 Å². The minimum absolute atomic E-state index is 0.930. The Balaban J connectivity index is 1.64. The molecule has 74 valence electrons. The van der Waals surface area contributed by atoms with Gasteiger partial charge in [-0.25, -0.2) is 0 Å². The molecule has 0 aliphatic heterocycles. The third-order valence-corrected chi connectivity index (χ3v) is 3.36. The van der Waals surface area contributed by atoms with E-state index in [2.05, 4.69) is 5.32 Å². The lowest BCUT2D eigenvalue weighted by Crippen LogP contribution is -2.25. The lowest BCUT2D eigenvalue weighted by atomic mass is 9.98. The van der Waals surface area contributed by atoms with E-state index in [-0.39, 0.29) is 0 Å². The van der Waals surface area contributed by atoms with Crippen LogP contribution in [-0.4, -0.2) is 13.1 Å². The average molecular weight is 200 g/mol. The topological polar surface area (TPSA) is 12.0 Å². The number of nitrogens with one attached hydrogen (secondary N) is 1. The first kappa shape index (κ1) is 9.54. The van der Waals surface area contributed by atoms with Gasteiger partial charge < -0.3 is 5.32 Å². The first-order valence-electron chi connectivity index (χ1n) is 5.37. The van der Waals surface area contributed by atoms with Crippen LogP contribution < -0.4 is 5.32 Å². The summed E-state index contributed by atoms with van der Waals surface area (Å²) in [7, 11) is 0. The van der Waals surface area contributed by atoms with Crippen molar-refractivity contribution < 1.29 is 0 Å². The molecule has 2 rings (SSSR count). The Morgan fingerprint density at radius 1 is 1.23 bits per heavy atom. The van der Waals surface area contributed by atoms with E-state index in [0.29, 0.717) is 0 Å². The van der Waals surface area contributed by atoms with Crippen LogP contribution in [0.2, 0.25) is 0 Å². The lowest BCUT2D eigenvalue weighted by molar-refractivity contribution is 0.386. The maximum absolute atomic E-state index is 5.45. The van der Waals surface area contributed by atoms with Crippen molar-refractivity contribution in [1.29, 1.82) is 0 Å². The monoisotopic (exact) mass is 199 g/mol. The molecule has 0 amide bonds. The standard InChI is InChI=1S/C11H18ClN/c12-6-1-7-13-8-11(9-2-3-9)10-4-5-10/h1,6,9-11,13H,2-5,7-8H2/b6-1+. The highest BCUT2D eigenvalue weighted by Crippen LogP contribution is 2.48. The van der Waals surface area contributed by atoms with E-state index in [0.717, 1.165) is 24.3 Å². The van der Waals surface area contributed by atoms with E-state index in [4.69, 9.17) is 11.6 Å². The number of halogens is 1. The Hall–Kier alpha value is -0.0100. The van der Waals surface area contributed by atoms with Gasteiger partial charge in [0.05, 0.1) is 0 Å². The van der Waals surface area contributed by atoms with Crippen LogP contribution in [0.5, 0.6) is 0 Å². The Morgan fingerprint density at radius 2 is 1.85 bits per heavy atom. The molecule has 0 aromatic heterocycles. The van der Waals surface area contributed by atoms with Crippen LogP contribution in [0.15, 0.2) is 11.6 Å². The molecule has 2 fully saturated rings. The van der Waals surface area contributed by atoms with Crippen molar-refractivity contribution in [3.63, 3.8) is 0 Å². The van der Waals surface area contributed by atoms with Crippen molar-refractivity contribution in [1.82, 2.24) is 5.32 Å². The molecule has 0 spiro atoms. The van der Waals surface area contributed by atoms with E-state index in [1.54, 1.807) is 5.54 Å². The summed E-state index contributed by atoms with van der Waals surface area (Å²) in [6.07, 6.45) is 7.89. The molecular weight excluding hydrogens is 182 g/mol. The molecule has 2 heteroatoms. The van der Waals surface area contributed by atoms with Gasteiger partial charge >= 0.3 is 0 Å². The van der Waals surface area contributed by atoms with Crippen LogP contribution in [0.4, 0.5) is 0 Å². The van der Waals surface area contributed by atoms with E-state index in [1.807, 2.05) is 6.08 Å². The van der Waals surface area contributed by atoms with Gasteiger partial charge in [-0.2, -0.15) is 0 Å². The van der Waals surface area contributed by atoms with Gasteiger partial charge in [-0.05, 0) is 50.0 Å². The first-order valence-corrected chi connectivity index (χ1v) is 5.81. The van der Waals surface area contributed by atoms with Gasteiger partial charge in [0.25, 0.3) is 0 Å². The molecule has 0 saturated heterocycles. The summed E-state index contributed by atoms with van der Waals surface area (Å²) in [5, 5.41) is 3.46. The van der Waals surface area contributed by atoms with Crippen LogP contribution in [-0.2, 0) is 0 Å². The van der Waals surface area contributed by atoms with Gasteiger partial charge in [0.1, 0.15) is 0 Å². The SMILES string of the molecule is Cl/C=C/CNCC(C1CC1)C1CC1. The first-order chi connectivity index (χ1) is 6.42. The third-order valence-electron chi connectivity index (χ3n) is 3.19. The molecule has 1 N–H and O–H groups in total. The Labute approximate surface area is 85.5 Å². The predicted molar refractivity (Wildman–Crippen MR) is 56.8 cm³/mol. The van der Waals surface area contributed by atoms with Crippen LogP contribution in [0.3, 0.4) is 0 Å². The predicted octanol–water partition coefficient (Wildman–Crippen LogP) is 2.76. The van der Waals surface area contributed by atoms with Gasteiger partial charge in [0, 0.05) is 12.1 Å². The molecule has 2 saturated carbocycles. The van der Waals surface area contributed by atoms with E-state index >= 15 is 0 Å². The number of hydrogen-bond acceptors (Lipinski definition) is 1. The van der Waals surface area contributed by atoms with Crippen molar-refractivity contribution in [2.45, 2.75) is 25.7 Å². The summed E-state index contributed by atoms with van der Waals surface area (Å²) in [4.78, 5) is 0. The Morgan fingerprint density at radius 3 is 2.31 bits per heavy atom. The summed E-state index contributed by atoms with van der Waals surface area (Å²) in [6, 6.07) is 0. The molecular formula is C11H18ClN. The Bertz CT molecular complexity index is 171. The fourth-order valence-electron chi connectivity index (χ4n) is 2.14.